The maximum Gasteiger partial charge on any atom is -0.0414 e. The highest BCUT2D eigenvalue weighted by Gasteiger charge is 2.26. The van der Waals surface area contributed by atoms with E-state index in [1.165, 1.54) is 51.4 Å². The lowest BCUT2D eigenvalue weighted by molar-refractivity contribution is 0.504. The Bertz CT molecular complexity index is 90.6. The molecule has 86 valence electrons. The van der Waals surface area contributed by atoms with Crippen LogP contribution in [0.5, 0.6) is 0 Å². The van der Waals surface area contributed by atoms with Crippen molar-refractivity contribution in [3.63, 3.8) is 0 Å². The fraction of sp³-hybridized carbons (Fsp3) is 1.00. The summed E-state index contributed by atoms with van der Waals surface area (Å²) in [6.07, 6.45) is 11.5. The van der Waals surface area contributed by atoms with Crippen molar-refractivity contribution in [2.75, 3.05) is 0 Å². The highest BCUT2D eigenvalue weighted by molar-refractivity contribution is 4.76. The standard InChI is InChI=1S/C5H10.C5H12.C4H8/c1-4-3-5(4)2;1-3-5-4-2;1-2-4-3-1/h4-5H,3H2,1-2H3;3-5H2,1-2H3;1-4H2. The number of hydrogen-bond donors (Lipinski definition) is 0. The van der Waals surface area contributed by atoms with Crippen LogP contribution in [0.15, 0.2) is 0 Å². The molecule has 2 unspecified atom stereocenters. The summed E-state index contributed by atoms with van der Waals surface area (Å²) in [5.41, 5.74) is 0. The molecule has 0 amide bonds. The molecule has 0 radical (unpaired) electrons. The Hall–Kier alpha value is 0. The van der Waals surface area contributed by atoms with Crippen LogP contribution < -0.4 is 0 Å². The minimum Gasteiger partial charge on any atom is -0.0654 e. The molecule has 0 saturated heterocycles. The van der Waals surface area contributed by atoms with Crippen molar-refractivity contribution in [2.24, 2.45) is 11.8 Å². The summed E-state index contributed by atoms with van der Waals surface area (Å²) in [5, 5.41) is 0. The summed E-state index contributed by atoms with van der Waals surface area (Å²) in [5.74, 6) is 2.10. The maximum atomic E-state index is 2.30. The van der Waals surface area contributed by atoms with E-state index in [4.69, 9.17) is 0 Å². The second-order valence-electron chi connectivity index (χ2n) is 4.96. The van der Waals surface area contributed by atoms with Gasteiger partial charge in [-0.2, -0.15) is 0 Å². The lowest BCUT2D eigenvalue weighted by Gasteiger charge is -2.05. The van der Waals surface area contributed by atoms with E-state index in [1.807, 2.05) is 0 Å². The van der Waals surface area contributed by atoms with Crippen LogP contribution in [-0.2, 0) is 0 Å². The van der Waals surface area contributed by atoms with E-state index in [9.17, 15) is 0 Å². The lowest BCUT2D eigenvalue weighted by atomic mass is 10.0. The molecule has 0 aliphatic heterocycles. The first-order chi connectivity index (χ1) is 6.72. The van der Waals surface area contributed by atoms with E-state index in [1.54, 1.807) is 0 Å². The minimum absolute atomic E-state index is 1.05. The number of unbranched alkanes of at least 4 members (excludes halogenated alkanes) is 2. The average molecular weight is 198 g/mol. The van der Waals surface area contributed by atoms with Crippen molar-refractivity contribution in [1.82, 2.24) is 0 Å². The van der Waals surface area contributed by atoms with E-state index in [0.29, 0.717) is 0 Å². The van der Waals surface area contributed by atoms with Crippen molar-refractivity contribution in [1.29, 1.82) is 0 Å². The summed E-state index contributed by atoms with van der Waals surface area (Å²) in [7, 11) is 0. The van der Waals surface area contributed by atoms with Gasteiger partial charge in [-0.15, -0.1) is 0 Å². The topological polar surface area (TPSA) is 0 Å². The second kappa shape index (κ2) is 9.55. The molecular weight excluding hydrogens is 168 g/mol. The Morgan fingerprint density at radius 1 is 0.786 bits per heavy atom. The highest BCUT2D eigenvalue weighted by atomic mass is 14.3. The maximum absolute atomic E-state index is 2.30. The van der Waals surface area contributed by atoms with Crippen LogP contribution >= 0.6 is 0 Å². The molecule has 2 rings (SSSR count). The normalized spacial score (nSPS) is 27.4. The zero-order valence-corrected chi connectivity index (χ0v) is 10.8. The molecule has 0 spiro atoms. The van der Waals surface area contributed by atoms with Crippen LogP contribution in [-0.4, -0.2) is 0 Å². The second-order valence-corrected chi connectivity index (χ2v) is 4.96. The van der Waals surface area contributed by atoms with Gasteiger partial charge in [-0.3, -0.25) is 0 Å². The SMILES string of the molecule is C1CCC1.CC1CC1C.CCCCC. The third-order valence-electron chi connectivity index (χ3n) is 3.22. The molecule has 2 aliphatic rings. The van der Waals surface area contributed by atoms with Gasteiger partial charge in [0.25, 0.3) is 0 Å². The minimum atomic E-state index is 1.05. The van der Waals surface area contributed by atoms with Gasteiger partial charge in [0.05, 0.1) is 0 Å². The lowest BCUT2D eigenvalue weighted by Crippen LogP contribution is -1.85. The van der Waals surface area contributed by atoms with Crippen LogP contribution in [0.25, 0.3) is 0 Å². The molecule has 2 saturated carbocycles. The van der Waals surface area contributed by atoms with Gasteiger partial charge in [0, 0.05) is 0 Å². The van der Waals surface area contributed by atoms with Crippen molar-refractivity contribution >= 4 is 0 Å². The summed E-state index contributed by atoms with van der Waals surface area (Å²) < 4.78 is 0. The predicted molar refractivity (Wildman–Crippen MR) is 66.6 cm³/mol. The molecule has 0 heterocycles. The van der Waals surface area contributed by atoms with E-state index in [-0.39, 0.29) is 0 Å². The van der Waals surface area contributed by atoms with Crippen LogP contribution in [0.1, 0.15) is 79.1 Å². The average Bonchev–Trinajstić information content (AvgIpc) is 2.64. The monoisotopic (exact) mass is 198 g/mol. The summed E-state index contributed by atoms with van der Waals surface area (Å²) in [6.45, 7) is 9.02. The molecule has 2 fully saturated rings. The van der Waals surface area contributed by atoms with Gasteiger partial charge in [-0.25, -0.2) is 0 Å². The zero-order valence-electron chi connectivity index (χ0n) is 10.8. The van der Waals surface area contributed by atoms with Gasteiger partial charge in [0.15, 0.2) is 0 Å². The Morgan fingerprint density at radius 2 is 1.07 bits per heavy atom. The first-order valence-corrected chi connectivity index (χ1v) is 6.72. The van der Waals surface area contributed by atoms with Crippen molar-refractivity contribution in [3.05, 3.63) is 0 Å². The third kappa shape index (κ3) is 10.1. The fourth-order valence-corrected chi connectivity index (χ4v) is 1.11. The molecule has 0 N–H and O–H groups in total. The van der Waals surface area contributed by atoms with Crippen LogP contribution in [0.3, 0.4) is 0 Å². The Morgan fingerprint density at radius 3 is 1.07 bits per heavy atom. The first kappa shape index (κ1) is 14.0. The molecule has 2 atom stereocenters. The first-order valence-electron chi connectivity index (χ1n) is 6.72. The molecule has 0 nitrogen and oxygen atoms in total. The van der Waals surface area contributed by atoms with Crippen molar-refractivity contribution in [2.45, 2.75) is 79.1 Å². The molecule has 14 heavy (non-hydrogen) atoms. The summed E-state index contributed by atoms with van der Waals surface area (Å²) >= 11 is 0. The van der Waals surface area contributed by atoms with Gasteiger partial charge in [-0.05, 0) is 18.3 Å². The molecular formula is C14H30. The smallest absolute Gasteiger partial charge is 0.0414 e. The molecule has 0 aromatic carbocycles. The summed E-state index contributed by atoms with van der Waals surface area (Å²) in [4.78, 5) is 0. The van der Waals surface area contributed by atoms with Crippen LogP contribution in [0.4, 0.5) is 0 Å². The fourth-order valence-electron chi connectivity index (χ4n) is 1.11. The molecule has 0 bridgehead atoms. The Labute approximate surface area is 91.5 Å². The van der Waals surface area contributed by atoms with Gasteiger partial charge in [0.2, 0.25) is 0 Å². The Balaban J connectivity index is 0.000000182. The third-order valence-corrected chi connectivity index (χ3v) is 3.22. The van der Waals surface area contributed by atoms with Gasteiger partial charge in [0.1, 0.15) is 0 Å². The van der Waals surface area contributed by atoms with E-state index < -0.39 is 0 Å². The van der Waals surface area contributed by atoms with Gasteiger partial charge >= 0.3 is 0 Å². The Kier molecular flexibility index (Phi) is 9.55. The van der Waals surface area contributed by atoms with Gasteiger partial charge in [-0.1, -0.05) is 72.6 Å². The quantitative estimate of drug-likeness (QED) is 0.556. The molecule has 2 aliphatic carbocycles. The summed E-state index contributed by atoms with van der Waals surface area (Å²) in [6, 6.07) is 0. The van der Waals surface area contributed by atoms with Crippen molar-refractivity contribution < 1.29 is 0 Å². The number of hydrogen-bond acceptors (Lipinski definition) is 0. The molecule has 0 aromatic heterocycles. The molecule has 0 heteroatoms. The van der Waals surface area contributed by atoms with Crippen molar-refractivity contribution in [3.8, 4) is 0 Å². The van der Waals surface area contributed by atoms with E-state index in [0.717, 1.165) is 11.8 Å². The largest absolute Gasteiger partial charge is 0.0654 e. The van der Waals surface area contributed by atoms with Gasteiger partial charge < -0.3 is 0 Å². The van der Waals surface area contributed by atoms with Crippen LogP contribution in [0, 0.1) is 11.8 Å². The van der Waals surface area contributed by atoms with E-state index in [2.05, 4.69) is 27.7 Å². The molecule has 0 aromatic rings. The van der Waals surface area contributed by atoms with E-state index >= 15 is 0 Å². The number of rotatable bonds is 2. The predicted octanol–water partition coefficient (Wildman–Crippen LogP) is 5.42. The van der Waals surface area contributed by atoms with Crippen LogP contribution in [0.2, 0.25) is 0 Å². The zero-order chi connectivity index (χ0) is 10.8. The highest BCUT2D eigenvalue weighted by Crippen LogP contribution is 2.36.